The Morgan fingerprint density at radius 3 is 2.61 bits per heavy atom. The summed E-state index contributed by atoms with van der Waals surface area (Å²) in [5.74, 6) is 0.491. The number of nitrogens with zero attached hydrogens (tertiary/aromatic N) is 3. The van der Waals surface area contributed by atoms with E-state index in [0.29, 0.717) is 10.8 Å². The average Bonchev–Trinajstić information content (AvgIpc) is 2.70. The summed E-state index contributed by atoms with van der Waals surface area (Å²) < 4.78 is 1.94. The zero-order valence-electron chi connectivity index (χ0n) is 9.76. The highest BCUT2D eigenvalue weighted by Gasteiger charge is 2.12. The lowest BCUT2D eigenvalue weighted by atomic mass is 10.1. The molecule has 2 aromatic heterocycles. The van der Waals surface area contributed by atoms with E-state index in [0.717, 1.165) is 22.2 Å². The molecule has 5 heteroatoms. The van der Waals surface area contributed by atoms with Crippen molar-refractivity contribution in [2.24, 2.45) is 7.05 Å². The number of halogens is 1. The monoisotopic (exact) mass is 258 g/mol. The van der Waals surface area contributed by atoms with Crippen molar-refractivity contribution in [3.63, 3.8) is 0 Å². The molecule has 1 aromatic carbocycles. The molecule has 0 fully saturated rings. The second-order valence-corrected chi connectivity index (χ2v) is 4.55. The van der Waals surface area contributed by atoms with Crippen LogP contribution >= 0.6 is 11.6 Å². The predicted molar refractivity (Wildman–Crippen MR) is 73.4 cm³/mol. The van der Waals surface area contributed by atoms with Crippen molar-refractivity contribution in [1.29, 1.82) is 0 Å². The van der Waals surface area contributed by atoms with Gasteiger partial charge in [0.25, 0.3) is 0 Å². The molecule has 0 aliphatic heterocycles. The van der Waals surface area contributed by atoms with E-state index in [4.69, 9.17) is 17.3 Å². The topological polar surface area (TPSA) is 56.7 Å². The van der Waals surface area contributed by atoms with E-state index in [-0.39, 0.29) is 0 Å². The van der Waals surface area contributed by atoms with E-state index in [9.17, 15) is 0 Å². The Labute approximate surface area is 109 Å². The van der Waals surface area contributed by atoms with E-state index in [1.165, 1.54) is 6.33 Å². The summed E-state index contributed by atoms with van der Waals surface area (Å²) in [7, 11) is 1.94. The maximum absolute atomic E-state index is 5.95. The number of hydrogen-bond acceptors (Lipinski definition) is 3. The second kappa shape index (κ2) is 3.99. The van der Waals surface area contributed by atoms with Gasteiger partial charge in [0.05, 0.1) is 5.39 Å². The molecule has 0 bridgehead atoms. The highest BCUT2D eigenvalue weighted by Crippen LogP contribution is 2.32. The quantitative estimate of drug-likeness (QED) is 0.730. The first-order valence-electron chi connectivity index (χ1n) is 5.48. The predicted octanol–water partition coefficient (Wildman–Crippen LogP) is 2.87. The smallest absolute Gasteiger partial charge is 0.145 e. The van der Waals surface area contributed by atoms with Crippen LogP contribution in [0.3, 0.4) is 0 Å². The molecule has 0 aliphatic carbocycles. The Balaban J connectivity index is 2.32. The van der Waals surface area contributed by atoms with Crippen LogP contribution in [0.15, 0.2) is 36.8 Å². The normalized spacial score (nSPS) is 11.0. The van der Waals surface area contributed by atoms with E-state index < -0.39 is 0 Å². The molecule has 4 nitrogen and oxygen atoms in total. The third-order valence-electron chi connectivity index (χ3n) is 2.94. The van der Waals surface area contributed by atoms with Crippen molar-refractivity contribution in [1.82, 2.24) is 14.5 Å². The molecule has 0 spiro atoms. The van der Waals surface area contributed by atoms with Crippen LogP contribution in [0, 0.1) is 0 Å². The van der Waals surface area contributed by atoms with Crippen LogP contribution in [-0.2, 0) is 7.05 Å². The van der Waals surface area contributed by atoms with Crippen LogP contribution in [0.25, 0.3) is 22.2 Å². The molecule has 2 heterocycles. The van der Waals surface area contributed by atoms with Gasteiger partial charge in [-0.2, -0.15) is 0 Å². The van der Waals surface area contributed by atoms with Gasteiger partial charge in [0.2, 0.25) is 0 Å². The molecule has 0 aliphatic rings. The fourth-order valence-corrected chi connectivity index (χ4v) is 2.21. The minimum Gasteiger partial charge on any atom is -0.383 e. The van der Waals surface area contributed by atoms with Gasteiger partial charge in [0, 0.05) is 23.8 Å². The summed E-state index contributed by atoms with van der Waals surface area (Å²) in [6.07, 6.45) is 3.47. The lowest BCUT2D eigenvalue weighted by molar-refractivity contribution is 0.945. The number of nitrogen functional groups attached to an aromatic ring is 1. The summed E-state index contributed by atoms with van der Waals surface area (Å²) in [6, 6.07) is 7.64. The number of benzene rings is 1. The number of aromatic nitrogens is 3. The zero-order valence-corrected chi connectivity index (χ0v) is 10.5. The zero-order chi connectivity index (χ0) is 12.7. The minimum atomic E-state index is 0.491. The van der Waals surface area contributed by atoms with Crippen LogP contribution < -0.4 is 5.73 Å². The molecular weight excluding hydrogens is 248 g/mol. The number of fused-ring (bicyclic) bond motifs is 1. The third kappa shape index (κ3) is 1.62. The van der Waals surface area contributed by atoms with Crippen LogP contribution in [0.4, 0.5) is 5.82 Å². The Morgan fingerprint density at radius 2 is 1.89 bits per heavy atom. The highest BCUT2D eigenvalue weighted by molar-refractivity contribution is 6.30. The fourth-order valence-electron chi connectivity index (χ4n) is 2.08. The first-order chi connectivity index (χ1) is 8.66. The largest absolute Gasteiger partial charge is 0.383 e. The van der Waals surface area contributed by atoms with Crippen molar-refractivity contribution >= 4 is 28.5 Å². The lowest BCUT2D eigenvalue weighted by Gasteiger charge is -2.01. The van der Waals surface area contributed by atoms with E-state index in [1.807, 2.05) is 42.1 Å². The van der Waals surface area contributed by atoms with Gasteiger partial charge < -0.3 is 10.3 Å². The molecule has 3 rings (SSSR count). The van der Waals surface area contributed by atoms with Crippen LogP contribution in [0.2, 0.25) is 5.02 Å². The maximum Gasteiger partial charge on any atom is 0.145 e. The SMILES string of the molecule is Cn1cc(-c2ccc(Cl)cc2)c2c(N)ncnc21. The van der Waals surface area contributed by atoms with E-state index in [2.05, 4.69) is 9.97 Å². The van der Waals surface area contributed by atoms with Crippen LogP contribution in [0.5, 0.6) is 0 Å². The lowest BCUT2D eigenvalue weighted by Crippen LogP contribution is -1.94. The molecule has 0 saturated heterocycles. The van der Waals surface area contributed by atoms with Gasteiger partial charge in [-0.25, -0.2) is 9.97 Å². The van der Waals surface area contributed by atoms with Crippen molar-refractivity contribution in [3.8, 4) is 11.1 Å². The Morgan fingerprint density at radius 1 is 1.17 bits per heavy atom. The van der Waals surface area contributed by atoms with E-state index in [1.54, 1.807) is 0 Å². The van der Waals surface area contributed by atoms with Crippen LogP contribution in [-0.4, -0.2) is 14.5 Å². The fraction of sp³-hybridized carbons (Fsp3) is 0.0769. The highest BCUT2D eigenvalue weighted by atomic mass is 35.5. The Bertz CT molecular complexity index is 716. The molecule has 0 atom stereocenters. The number of nitrogens with two attached hydrogens (primary N) is 1. The van der Waals surface area contributed by atoms with Gasteiger partial charge in [-0.3, -0.25) is 0 Å². The first kappa shape index (κ1) is 11.0. The number of hydrogen-bond donors (Lipinski definition) is 1. The molecule has 18 heavy (non-hydrogen) atoms. The average molecular weight is 259 g/mol. The Hall–Kier alpha value is -2.07. The Kier molecular flexibility index (Phi) is 2.45. The van der Waals surface area contributed by atoms with Gasteiger partial charge in [-0.1, -0.05) is 23.7 Å². The van der Waals surface area contributed by atoms with Gasteiger partial charge in [-0.15, -0.1) is 0 Å². The summed E-state index contributed by atoms with van der Waals surface area (Å²) >= 11 is 5.90. The van der Waals surface area contributed by atoms with E-state index >= 15 is 0 Å². The van der Waals surface area contributed by atoms with Crippen molar-refractivity contribution in [2.45, 2.75) is 0 Å². The third-order valence-corrected chi connectivity index (χ3v) is 3.19. The summed E-state index contributed by atoms with van der Waals surface area (Å²) in [5.41, 5.74) is 8.84. The molecule has 0 radical (unpaired) electrons. The maximum atomic E-state index is 5.95. The molecule has 3 aromatic rings. The molecule has 90 valence electrons. The number of aryl methyl sites for hydroxylation is 1. The van der Waals surface area contributed by atoms with Crippen molar-refractivity contribution in [3.05, 3.63) is 41.8 Å². The van der Waals surface area contributed by atoms with Gasteiger partial charge in [-0.05, 0) is 17.7 Å². The minimum absolute atomic E-state index is 0.491. The van der Waals surface area contributed by atoms with Gasteiger partial charge >= 0.3 is 0 Å². The summed E-state index contributed by atoms with van der Waals surface area (Å²) in [4.78, 5) is 8.30. The molecule has 2 N–H and O–H groups in total. The molecular formula is C13H11ClN4. The number of anilines is 1. The van der Waals surface area contributed by atoms with Crippen LogP contribution in [0.1, 0.15) is 0 Å². The van der Waals surface area contributed by atoms with Crippen molar-refractivity contribution < 1.29 is 0 Å². The number of rotatable bonds is 1. The second-order valence-electron chi connectivity index (χ2n) is 4.12. The molecule has 0 saturated carbocycles. The van der Waals surface area contributed by atoms with Gasteiger partial charge in [0.1, 0.15) is 17.8 Å². The first-order valence-corrected chi connectivity index (χ1v) is 5.86. The summed E-state index contributed by atoms with van der Waals surface area (Å²) in [6.45, 7) is 0. The summed E-state index contributed by atoms with van der Waals surface area (Å²) in [5, 5.41) is 1.59. The van der Waals surface area contributed by atoms with Gasteiger partial charge in [0.15, 0.2) is 0 Å². The molecule has 0 amide bonds. The standard InChI is InChI=1S/C13H11ClN4/c1-18-6-10(8-2-4-9(14)5-3-8)11-12(15)16-7-17-13(11)18/h2-7H,1H3,(H2,15,16,17). The molecule has 0 unspecified atom stereocenters. The van der Waals surface area contributed by atoms with Crippen molar-refractivity contribution in [2.75, 3.05) is 5.73 Å².